The molecule has 6 nitrogen and oxygen atoms in total. The van der Waals surface area contributed by atoms with E-state index in [0.29, 0.717) is 12.4 Å². The summed E-state index contributed by atoms with van der Waals surface area (Å²) in [5.74, 6) is -0.727. The number of morpholine rings is 1. The van der Waals surface area contributed by atoms with Gasteiger partial charge in [-0.3, -0.25) is 4.79 Å². The number of nitrogens with zero attached hydrogens (tertiary/aromatic N) is 1. The highest BCUT2D eigenvalue weighted by Gasteiger charge is 2.32. The predicted molar refractivity (Wildman–Crippen MR) is 75.4 cm³/mol. The monoisotopic (exact) mass is 293 g/mol. The van der Waals surface area contributed by atoms with Crippen LogP contribution in [0.15, 0.2) is 18.2 Å². The molecule has 0 aliphatic carbocycles. The van der Waals surface area contributed by atoms with Gasteiger partial charge in [0, 0.05) is 6.54 Å². The Morgan fingerprint density at radius 3 is 2.67 bits per heavy atom. The number of para-hydroxylation sites is 1. The van der Waals surface area contributed by atoms with Crippen molar-refractivity contribution in [2.45, 2.75) is 19.9 Å². The number of aryl methyl sites for hydroxylation is 2. The Morgan fingerprint density at radius 1 is 1.38 bits per heavy atom. The molecule has 0 radical (unpaired) electrons. The average molecular weight is 293 g/mol. The molecule has 1 aliphatic heterocycles. The Labute approximate surface area is 123 Å². The van der Waals surface area contributed by atoms with Crippen molar-refractivity contribution in [3.8, 4) is 5.75 Å². The summed E-state index contributed by atoms with van der Waals surface area (Å²) in [4.78, 5) is 24.6. The van der Waals surface area contributed by atoms with E-state index < -0.39 is 12.0 Å². The lowest BCUT2D eigenvalue weighted by Gasteiger charge is -2.32. The molecule has 1 amide bonds. The molecule has 114 valence electrons. The Morgan fingerprint density at radius 2 is 2.05 bits per heavy atom. The Bertz CT molecular complexity index is 523. The first kappa shape index (κ1) is 15.3. The molecule has 1 fully saturated rings. The molecule has 1 atom stereocenters. The van der Waals surface area contributed by atoms with Crippen LogP contribution in [0.5, 0.6) is 5.75 Å². The maximum absolute atomic E-state index is 12.2. The van der Waals surface area contributed by atoms with Gasteiger partial charge < -0.3 is 19.5 Å². The van der Waals surface area contributed by atoms with Gasteiger partial charge in [0.15, 0.2) is 12.6 Å². The van der Waals surface area contributed by atoms with E-state index >= 15 is 0 Å². The molecule has 1 heterocycles. The van der Waals surface area contributed by atoms with Crippen molar-refractivity contribution in [1.82, 2.24) is 4.90 Å². The normalized spacial score (nSPS) is 18.4. The van der Waals surface area contributed by atoms with E-state index in [1.54, 1.807) is 0 Å². The zero-order chi connectivity index (χ0) is 15.4. The molecule has 1 aliphatic rings. The quantitative estimate of drug-likeness (QED) is 0.896. The van der Waals surface area contributed by atoms with Crippen LogP contribution in [0.1, 0.15) is 11.1 Å². The van der Waals surface area contributed by atoms with Gasteiger partial charge >= 0.3 is 5.97 Å². The number of hydrogen-bond acceptors (Lipinski definition) is 4. The van der Waals surface area contributed by atoms with Gasteiger partial charge in [-0.25, -0.2) is 4.79 Å². The number of hydrogen-bond donors (Lipinski definition) is 1. The minimum atomic E-state index is -1.06. The highest BCUT2D eigenvalue weighted by atomic mass is 16.5. The number of carbonyl (C=O) groups excluding carboxylic acids is 1. The maximum Gasteiger partial charge on any atom is 0.328 e. The minimum absolute atomic E-state index is 0.0183. The van der Waals surface area contributed by atoms with Gasteiger partial charge in [0.25, 0.3) is 5.91 Å². The lowest BCUT2D eigenvalue weighted by molar-refractivity contribution is -0.159. The van der Waals surface area contributed by atoms with Crippen LogP contribution in [0, 0.1) is 13.8 Å². The van der Waals surface area contributed by atoms with Gasteiger partial charge in [-0.05, 0) is 25.0 Å². The predicted octanol–water partition coefficient (Wildman–Crippen LogP) is 0.994. The maximum atomic E-state index is 12.2. The SMILES string of the molecule is Cc1cccc(C)c1OCC(=O)N1CCOC[C@@H]1C(=O)O. The van der Waals surface area contributed by atoms with Gasteiger partial charge in [-0.2, -0.15) is 0 Å². The number of aliphatic carboxylic acids is 1. The van der Waals surface area contributed by atoms with Crippen LogP contribution < -0.4 is 4.74 Å². The topological polar surface area (TPSA) is 76.1 Å². The fourth-order valence-corrected chi connectivity index (χ4v) is 2.35. The molecule has 1 N–H and O–H groups in total. The summed E-state index contributed by atoms with van der Waals surface area (Å²) in [5.41, 5.74) is 1.89. The van der Waals surface area contributed by atoms with E-state index in [9.17, 15) is 9.59 Å². The second-order valence-electron chi connectivity index (χ2n) is 5.03. The summed E-state index contributed by atoms with van der Waals surface area (Å²) in [6, 6.07) is 4.79. The van der Waals surface area contributed by atoms with Crippen molar-refractivity contribution in [2.24, 2.45) is 0 Å². The lowest BCUT2D eigenvalue weighted by Crippen LogP contribution is -2.53. The van der Waals surface area contributed by atoms with Crippen molar-refractivity contribution < 1.29 is 24.2 Å². The zero-order valence-electron chi connectivity index (χ0n) is 12.2. The summed E-state index contributed by atoms with van der Waals surface area (Å²) in [6.07, 6.45) is 0. The number of amides is 1. The number of carboxylic acids is 1. The van der Waals surface area contributed by atoms with Crippen LogP contribution in [0.25, 0.3) is 0 Å². The highest BCUT2D eigenvalue weighted by Crippen LogP contribution is 2.22. The molecule has 0 unspecified atom stereocenters. The van der Waals surface area contributed by atoms with Crippen molar-refractivity contribution >= 4 is 11.9 Å². The number of benzene rings is 1. The molecule has 0 saturated carbocycles. The second-order valence-corrected chi connectivity index (χ2v) is 5.03. The molecule has 1 saturated heterocycles. The van der Waals surface area contributed by atoms with Crippen molar-refractivity contribution in [1.29, 1.82) is 0 Å². The van der Waals surface area contributed by atoms with E-state index in [1.165, 1.54) is 4.90 Å². The summed E-state index contributed by atoms with van der Waals surface area (Å²) in [5, 5.41) is 9.12. The van der Waals surface area contributed by atoms with E-state index in [4.69, 9.17) is 14.6 Å². The average Bonchev–Trinajstić information content (AvgIpc) is 2.46. The fraction of sp³-hybridized carbons (Fsp3) is 0.467. The Kier molecular flexibility index (Phi) is 4.80. The molecular weight excluding hydrogens is 274 g/mol. The van der Waals surface area contributed by atoms with Crippen LogP contribution in [0.2, 0.25) is 0 Å². The molecule has 21 heavy (non-hydrogen) atoms. The largest absolute Gasteiger partial charge is 0.483 e. The van der Waals surface area contributed by atoms with Crippen molar-refractivity contribution in [3.05, 3.63) is 29.3 Å². The van der Waals surface area contributed by atoms with Crippen LogP contribution in [0.4, 0.5) is 0 Å². The number of ether oxygens (including phenoxy) is 2. The second kappa shape index (κ2) is 6.58. The third kappa shape index (κ3) is 3.52. The third-order valence-electron chi connectivity index (χ3n) is 3.48. The summed E-state index contributed by atoms with van der Waals surface area (Å²) >= 11 is 0. The first-order chi connectivity index (χ1) is 10.0. The Balaban J connectivity index is 2.02. The smallest absolute Gasteiger partial charge is 0.328 e. The van der Waals surface area contributed by atoms with E-state index in [2.05, 4.69) is 0 Å². The molecular formula is C15H19NO5. The molecule has 0 bridgehead atoms. The lowest BCUT2D eigenvalue weighted by atomic mass is 10.1. The molecule has 2 rings (SSSR count). The van der Waals surface area contributed by atoms with E-state index in [1.807, 2.05) is 32.0 Å². The van der Waals surface area contributed by atoms with E-state index in [0.717, 1.165) is 11.1 Å². The van der Waals surface area contributed by atoms with Crippen LogP contribution in [0.3, 0.4) is 0 Å². The van der Waals surface area contributed by atoms with Crippen molar-refractivity contribution in [2.75, 3.05) is 26.4 Å². The summed E-state index contributed by atoms with van der Waals surface area (Å²) in [6.45, 7) is 4.27. The first-order valence-electron chi connectivity index (χ1n) is 6.79. The number of rotatable bonds is 4. The highest BCUT2D eigenvalue weighted by molar-refractivity contribution is 5.84. The van der Waals surface area contributed by atoms with Gasteiger partial charge in [-0.1, -0.05) is 18.2 Å². The van der Waals surface area contributed by atoms with Crippen LogP contribution in [-0.2, 0) is 14.3 Å². The number of carboxylic acid groups (broad SMARTS) is 1. The van der Waals surface area contributed by atoms with Gasteiger partial charge in [0.1, 0.15) is 5.75 Å². The molecule has 6 heteroatoms. The van der Waals surface area contributed by atoms with Gasteiger partial charge in [0.2, 0.25) is 0 Å². The van der Waals surface area contributed by atoms with Crippen LogP contribution >= 0.6 is 0 Å². The van der Waals surface area contributed by atoms with E-state index in [-0.39, 0.29) is 25.7 Å². The molecule has 0 aromatic heterocycles. The molecule has 1 aromatic rings. The molecule has 1 aromatic carbocycles. The van der Waals surface area contributed by atoms with Gasteiger partial charge in [0.05, 0.1) is 13.2 Å². The Hall–Kier alpha value is -2.08. The summed E-state index contributed by atoms with van der Waals surface area (Å²) < 4.78 is 10.7. The van der Waals surface area contributed by atoms with Gasteiger partial charge in [-0.15, -0.1) is 0 Å². The fourth-order valence-electron chi connectivity index (χ4n) is 2.35. The summed E-state index contributed by atoms with van der Waals surface area (Å²) in [7, 11) is 0. The molecule has 0 spiro atoms. The zero-order valence-corrected chi connectivity index (χ0v) is 12.2. The number of carbonyl (C=O) groups is 2. The standard InChI is InChI=1S/C15H19NO5/c1-10-4-3-5-11(2)14(10)21-9-13(17)16-6-7-20-8-12(16)15(18)19/h3-5,12H,6-9H2,1-2H3,(H,18,19)/t12-/m1/s1. The van der Waals surface area contributed by atoms with Crippen molar-refractivity contribution in [3.63, 3.8) is 0 Å². The van der Waals surface area contributed by atoms with Crippen LogP contribution in [-0.4, -0.2) is 54.3 Å². The minimum Gasteiger partial charge on any atom is -0.483 e. The first-order valence-corrected chi connectivity index (χ1v) is 6.79. The third-order valence-corrected chi connectivity index (χ3v) is 3.48.